The van der Waals surface area contributed by atoms with Gasteiger partial charge < -0.3 is 10.2 Å². The van der Waals surface area contributed by atoms with Crippen molar-refractivity contribution < 1.29 is 18.0 Å². The second kappa shape index (κ2) is 10.2. The Kier molecular flexibility index (Phi) is 7.81. The number of hydrogen-bond acceptors (Lipinski definition) is 5. The summed E-state index contributed by atoms with van der Waals surface area (Å²) in [4.78, 5) is 28.3. The lowest BCUT2D eigenvalue weighted by atomic mass is 10.2. The van der Waals surface area contributed by atoms with Gasteiger partial charge in [0.25, 0.3) is 0 Å². The molecule has 1 aromatic carbocycles. The molecule has 2 aliphatic heterocycles. The molecule has 0 bridgehead atoms. The van der Waals surface area contributed by atoms with E-state index in [-0.39, 0.29) is 16.7 Å². The van der Waals surface area contributed by atoms with Crippen molar-refractivity contribution >= 4 is 39.3 Å². The summed E-state index contributed by atoms with van der Waals surface area (Å²) in [6.07, 6.45) is 5.87. The third-order valence-electron chi connectivity index (χ3n) is 5.59. The number of nitrogens with zero attached hydrogens (tertiary/aromatic N) is 2. The Morgan fingerprint density at radius 2 is 1.90 bits per heavy atom. The first-order chi connectivity index (χ1) is 14.4. The quantitative estimate of drug-likeness (QED) is 0.640. The highest BCUT2D eigenvalue weighted by Crippen LogP contribution is 2.38. The van der Waals surface area contributed by atoms with Gasteiger partial charge in [-0.2, -0.15) is 4.31 Å². The standard InChI is InChI=1S/C21H31N3O4S2/c1-3-5-14-24(4-2)30(27,28)16-10-11-18-17(15-16)22-20(25)19(29-18)21(26)23-12-8-6-7-9-13-23/h10-11,15,19H,3-9,12-14H2,1-2H3,(H,22,25)/t19-/m0/s1. The third kappa shape index (κ3) is 5.00. The molecule has 0 aliphatic carbocycles. The molecule has 2 aliphatic rings. The summed E-state index contributed by atoms with van der Waals surface area (Å²) in [7, 11) is -3.63. The number of carbonyl (C=O) groups is 2. The molecule has 9 heteroatoms. The predicted molar refractivity (Wildman–Crippen MR) is 119 cm³/mol. The maximum atomic E-state index is 13.0. The number of rotatable bonds is 7. The zero-order valence-corrected chi connectivity index (χ0v) is 19.4. The van der Waals surface area contributed by atoms with E-state index in [9.17, 15) is 18.0 Å². The highest BCUT2D eigenvalue weighted by Gasteiger charge is 2.36. The topological polar surface area (TPSA) is 86.8 Å². The number of hydrogen-bond donors (Lipinski definition) is 1. The van der Waals surface area contributed by atoms with Crippen LogP contribution in [0.2, 0.25) is 0 Å². The van der Waals surface area contributed by atoms with Crippen molar-refractivity contribution in [2.24, 2.45) is 0 Å². The van der Waals surface area contributed by atoms with Gasteiger partial charge in [-0.3, -0.25) is 9.59 Å². The van der Waals surface area contributed by atoms with E-state index in [1.54, 1.807) is 17.0 Å². The lowest BCUT2D eigenvalue weighted by molar-refractivity contribution is -0.133. The van der Waals surface area contributed by atoms with Crippen molar-refractivity contribution in [1.82, 2.24) is 9.21 Å². The molecule has 0 aromatic heterocycles. The molecule has 0 radical (unpaired) electrons. The van der Waals surface area contributed by atoms with E-state index >= 15 is 0 Å². The van der Waals surface area contributed by atoms with Gasteiger partial charge in [-0.25, -0.2) is 8.42 Å². The fourth-order valence-electron chi connectivity index (χ4n) is 3.80. The molecule has 0 saturated carbocycles. The number of likely N-dealkylation sites (tertiary alicyclic amines) is 1. The van der Waals surface area contributed by atoms with Crippen LogP contribution in [0.1, 0.15) is 52.4 Å². The first-order valence-corrected chi connectivity index (χ1v) is 13.1. The third-order valence-corrected chi connectivity index (χ3v) is 8.82. The number of anilines is 1. The van der Waals surface area contributed by atoms with E-state index in [1.807, 2.05) is 13.8 Å². The Balaban J connectivity index is 1.79. The lowest BCUT2D eigenvalue weighted by Crippen LogP contribution is -2.45. The summed E-state index contributed by atoms with van der Waals surface area (Å²) < 4.78 is 27.4. The van der Waals surface area contributed by atoms with Gasteiger partial charge in [0.15, 0.2) is 5.25 Å². The Hall–Kier alpha value is -1.58. The van der Waals surface area contributed by atoms with E-state index in [0.29, 0.717) is 31.9 Å². The van der Waals surface area contributed by atoms with Crippen molar-refractivity contribution in [3.8, 4) is 0 Å². The number of thioether (sulfide) groups is 1. The summed E-state index contributed by atoms with van der Waals surface area (Å²) >= 11 is 1.21. The highest BCUT2D eigenvalue weighted by atomic mass is 32.2. The molecule has 2 amide bonds. The first kappa shape index (κ1) is 23.1. The van der Waals surface area contributed by atoms with Gasteiger partial charge in [0, 0.05) is 31.1 Å². The molecule has 0 spiro atoms. The molecule has 1 atom stereocenters. The smallest absolute Gasteiger partial charge is 0.247 e. The Morgan fingerprint density at radius 3 is 2.53 bits per heavy atom. The van der Waals surface area contributed by atoms with Crippen LogP contribution in [0.5, 0.6) is 0 Å². The highest BCUT2D eigenvalue weighted by molar-refractivity contribution is 8.01. The molecule has 0 unspecified atom stereocenters. The van der Waals surface area contributed by atoms with Crippen LogP contribution >= 0.6 is 11.8 Å². The average molecular weight is 454 g/mol. The van der Waals surface area contributed by atoms with E-state index in [4.69, 9.17) is 0 Å². The van der Waals surface area contributed by atoms with Crippen LogP contribution in [0.3, 0.4) is 0 Å². The van der Waals surface area contributed by atoms with Crippen LogP contribution in [0.15, 0.2) is 28.0 Å². The van der Waals surface area contributed by atoms with Gasteiger partial charge in [-0.1, -0.05) is 33.1 Å². The van der Waals surface area contributed by atoms with Gasteiger partial charge in [-0.05, 0) is 37.5 Å². The molecule has 166 valence electrons. The van der Waals surface area contributed by atoms with Crippen LogP contribution in [0.4, 0.5) is 5.69 Å². The minimum Gasteiger partial charge on any atom is -0.341 e. The van der Waals surface area contributed by atoms with Crippen LogP contribution in [-0.2, 0) is 19.6 Å². The van der Waals surface area contributed by atoms with Gasteiger partial charge in [-0.15, -0.1) is 11.8 Å². The number of carbonyl (C=O) groups excluding carboxylic acids is 2. The second-order valence-corrected chi connectivity index (χ2v) is 10.8. The summed E-state index contributed by atoms with van der Waals surface area (Å²) in [6, 6.07) is 4.78. The summed E-state index contributed by atoms with van der Waals surface area (Å²) in [5.41, 5.74) is 0.456. The molecule has 1 fully saturated rings. The molecular formula is C21H31N3O4S2. The average Bonchev–Trinajstić information content (AvgIpc) is 3.02. The fraction of sp³-hybridized carbons (Fsp3) is 0.619. The maximum absolute atomic E-state index is 13.0. The number of amides is 2. The zero-order chi connectivity index (χ0) is 21.7. The summed E-state index contributed by atoms with van der Waals surface area (Å²) in [5, 5.41) is 1.94. The number of unbranched alkanes of at least 4 members (excludes halogenated alkanes) is 1. The minimum absolute atomic E-state index is 0.154. The largest absolute Gasteiger partial charge is 0.341 e. The van der Waals surface area contributed by atoms with Crippen molar-refractivity contribution in [2.75, 3.05) is 31.5 Å². The van der Waals surface area contributed by atoms with E-state index in [2.05, 4.69) is 5.32 Å². The number of sulfonamides is 1. The van der Waals surface area contributed by atoms with E-state index in [0.717, 1.165) is 43.4 Å². The minimum atomic E-state index is -3.63. The van der Waals surface area contributed by atoms with Crippen LogP contribution in [0, 0.1) is 0 Å². The molecule has 30 heavy (non-hydrogen) atoms. The number of fused-ring (bicyclic) bond motifs is 1. The van der Waals surface area contributed by atoms with Gasteiger partial charge in [0.2, 0.25) is 21.8 Å². The normalized spacial score (nSPS) is 19.9. The summed E-state index contributed by atoms with van der Waals surface area (Å²) in [5.74, 6) is -0.534. The first-order valence-electron chi connectivity index (χ1n) is 10.8. The van der Waals surface area contributed by atoms with Crippen molar-refractivity contribution in [3.05, 3.63) is 18.2 Å². The Labute approximate surface area is 183 Å². The predicted octanol–water partition coefficient (Wildman–Crippen LogP) is 3.31. The fourth-order valence-corrected chi connectivity index (χ4v) is 6.37. The monoisotopic (exact) mass is 453 g/mol. The van der Waals surface area contributed by atoms with Crippen molar-refractivity contribution in [1.29, 1.82) is 0 Å². The zero-order valence-electron chi connectivity index (χ0n) is 17.7. The summed E-state index contributed by atoms with van der Waals surface area (Å²) in [6.45, 7) is 6.10. The molecule has 1 N–H and O–H groups in total. The molecular weight excluding hydrogens is 422 g/mol. The second-order valence-electron chi connectivity index (χ2n) is 7.73. The molecule has 1 aromatic rings. The SMILES string of the molecule is CCCCN(CC)S(=O)(=O)c1ccc2c(c1)NC(=O)[C@@H](C(=O)N1CCCCCC1)S2. The maximum Gasteiger partial charge on any atom is 0.247 e. The van der Waals surface area contributed by atoms with E-state index in [1.165, 1.54) is 22.1 Å². The molecule has 1 saturated heterocycles. The Bertz CT molecular complexity index is 880. The molecule has 3 rings (SSSR count). The Morgan fingerprint density at radius 1 is 1.20 bits per heavy atom. The van der Waals surface area contributed by atoms with Crippen LogP contribution < -0.4 is 5.32 Å². The lowest BCUT2D eigenvalue weighted by Gasteiger charge is -2.29. The number of benzene rings is 1. The van der Waals surface area contributed by atoms with Crippen LogP contribution in [-0.4, -0.2) is 60.9 Å². The van der Waals surface area contributed by atoms with Gasteiger partial charge >= 0.3 is 0 Å². The van der Waals surface area contributed by atoms with E-state index < -0.39 is 15.3 Å². The number of nitrogens with one attached hydrogen (secondary N) is 1. The van der Waals surface area contributed by atoms with Gasteiger partial charge in [0.05, 0.1) is 10.6 Å². The van der Waals surface area contributed by atoms with Gasteiger partial charge in [0.1, 0.15) is 0 Å². The van der Waals surface area contributed by atoms with Crippen LogP contribution in [0.25, 0.3) is 0 Å². The molecule has 7 nitrogen and oxygen atoms in total. The van der Waals surface area contributed by atoms with Crippen molar-refractivity contribution in [3.63, 3.8) is 0 Å². The van der Waals surface area contributed by atoms with Crippen molar-refractivity contribution in [2.45, 2.75) is 67.4 Å². The molecule has 2 heterocycles.